The third-order valence-corrected chi connectivity index (χ3v) is 2.02. The number of hydrogen-bond acceptors (Lipinski definition) is 4. The van der Waals surface area contributed by atoms with E-state index < -0.39 is 5.95 Å². The molecule has 1 atom stereocenters. The standard InChI is InChI=1S/C10H14FN3O2/c1-16-8(5-12)4-10(15)14-7-2-3-9(11)13-6-7/h2-3,6,8H,4-5,12H2,1H3,(H,14,15). The number of nitrogens with one attached hydrogen (secondary N) is 1. The van der Waals surface area contributed by atoms with Gasteiger partial charge >= 0.3 is 0 Å². The zero-order valence-electron chi connectivity index (χ0n) is 8.94. The second-order valence-electron chi connectivity index (χ2n) is 3.22. The Morgan fingerprint density at radius 2 is 2.44 bits per heavy atom. The van der Waals surface area contributed by atoms with E-state index in [-0.39, 0.29) is 25.0 Å². The molecular formula is C10H14FN3O2. The summed E-state index contributed by atoms with van der Waals surface area (Å²) in [7, 11) is 1.49. The number of ether oxygens (including phenoxy) is 1. The van der Waals surface area contributed by atoms with Crippen molar-refractivity contribution in [2.24, 2.45) is 5.73 Å². The molecule has 1 heterocycles. The van der Waals surface area contributed by atoms with E-state index in [2.05, 4.69) is 10.3 Å². The summed E-state index contributed by atoms with van der Waals surface area (Å²) in [5.41, 5.74) is 5.82. The average molecular weight is 227 g/mol. The van der Waals surface area contributed by atoms with Gasteiger partial charge < -0.3 is 15.8 Å². The second-order valence-corrected chi connectivity index (χ2v) is 3.22. The van der Waals surface area contributed by atoms with Crippen LogP contribution in [-0.2, 0) is 9.53 Å². The molecular weight excluding hydrogens is 213 g/mol. The molecule has 1 aromatic rings. The number of carbonyl (C=O) groups is 1. The maximum Gasteiger partial charge on any atom is 0.227 e. The third kappa shape index (κ3) is 3.92. The molecule has 88 valence electrons. The lowest BCUT2D eigenvalue weighted by Crippen LogP contribution is -2.28. The quantitative estimate of drug-likeness (QED) is 0.719. The van der Waals surface area contributed by atoms with E-state index in [1.165, 1.54) is 25.4 Å². The molecule has 0 radical (unpaired) electrons. The first-order valence-electron chi connectivity index (χ1n) is 4.80. The van der Waals surface area contributed by atoms with Crippen LogP contribution in [0.3, 0.4) is 0 Å². The van der Waals surface area contributed by atoms with E-state index in [0.717, 1.165) is 0 Å². The first kappa shape index (κ1) is 12.5. The fourth-order valence-corrected chi connectivity index (χ4v) is 1.13. The number of nitrogens with zero attached hydrogens (tertiary/aromatic N) is 1. The molecule has 5 nitrogen and oxygen atoms in total. The zero-order chi connectivity index (χ0) is 12.0. The van der Waals surface area contributed by atoms with Gasteiger partial charge in [-0.25, -0.2) is 4.98 Å². The van der Waals surface area contributed by atoms with Gasteiger partial charge in [-0.1, -0.05) is 0 Å². The van der Waals surface area contributed by atoms with Crippen molar-refractivity contribution in [1.29, 1.82) is 0 Å². The minimum absolute atomic E-state index is 0.157. The first-order chi connectivity index (χ1) is 7.65. The fourth-order valence-electron chi connectivity index (χ4n) is 1.13. The predicted octanol–water partition coefficient (Wildman–Crippen LogP) is 0.523. The van der Waals surface area contributed by atoms with Crippen LogP contribution < -0.4 is 11.1 Å². The van der Waals surface area contributed by atoms with Crippen LogP contribution in [0.25, 0.3) is 0 Å². The first-order valence-corrected chi connectivity index (χ1v) is 4.80. The molecule has 0 saturated carbocycles. The Bertz CT molecular complexity index is 338. The molecule has 0 fully saturated rings. The smallest absolute Gasteiger partial charge is 0.227 e. The Kier molecular flexibility index (Phi) is 4.81. The summed E-state index contributed by atoms with van der Waals surface area (Å²) in [5, 5.41) is 2.56. The largest absolute Gasteiger partial charge is 0.380 e. The summed E-state index contributed by atoms with van der Waals surface area (Å²) < 4.78 is 17.4. The highest BCUT2D eigenvalue weighted by molar-refractivity contribution is 5.90. The molecule has 1 unspecified atom stereocenters. The van der Waals surface area contributed by atoms with Crippen molar-refractivity contribution < 1.29 is 13.9 Å². The molecule has 16 heavy (non-hydrogen) atoms. The maximum absolute atomic E-state index is 12.5. The van der Waals surface area contributed by atoms with Crippen LogP contribution in [0.5, 0.6) is 0 Å². The van der Waals surface area contributed by atoms with Crippen molar-refractivity contribution in [2.45, 2.75) is 12.5 Å². The number of amides is 1. The van der Waals surface area contributed by atoms with Crippen LogP contribution in [0.1, 0.15) is 6.42 Å². The van der Waals surface area contributed by atoms with Crippen LogP contribution in [0.4, 0.5) is 10.1 Å². The molecule has 0 aliphatic heterocycles. The van der Waals surface area contributed by atoms with Gasteiger partial charge in [-0.15, -0.1) is 0 Å². The maximum atomic E-state index is 12.5. The molecule has 1 aromatic heterocycles. The minimum Gasteiger partial charge on any atom is -0.380 e. The topological polar surface area (TPSA) is 77.2 Å². The van der Waals surface area contributed by atoms with Gasteiger partial charge in [-0.3, -0.25) is 4.79 Å². The summed E-state index contributed by atoms with van der Waals surface area (Å²) in [6, 6.07) is 2.61. The van der Waals surface area contributed by atoms with E-state index in [1.54, 1.807) is 0 Å². The van der Waals surface area contributed by atoms with Crippen LogP contribution in [-0.4, -0.2) is 30.6 Å². The highest BCUT2D eigenvalue weighted by Crippen LogP contribution is 2.06. The lowest BCUT2D eigenvalue weighted by atomic mass is 10.2. The lowest BCUT2D eigenvalue weighted by Gasteiger charge is -2.12. The molecule has 0 aromatic carbocycles. The number of hydrogen-bond donors (Lipinski definition) is 2. The average Bonchev–Trinajstić information content (AvgIpc) is 2.29. The van der Waals surface area contributed by atoms with E-state index in [1.807, 2.05) is 0 Å². The monoisotopic (exact) mass is 227 g/mol. The van der Waals surface area contributed by atoms with Crippen molar-refractivity contribution in [3.8, 4) is 0 Å². The number of aromatic nitrogens is 1. The number of halogens is 1. The summed E-state index contributed by atoms with van der Waals surface area (Å²) in [6.07, 6.45) is 1.09. The van der Waals surface area contributed by atoms with Gasteiger partial charge in [0.1, 0.15) is 0 Å². The molecule has 0 bridgehead atoms. The SMILES string of the molecule is COC(CN)CC(=O)Nc1ccc(F)nc1. The summed E-state index contributed by atoms with van der Waals surface area (Å²) in [6.45, 7) is 0.269. The van der Waals surface area contributed by atoms with E-state index in [4.69, 9.17) is 10.5 Å². The Morgan fingerprint density at radius 3 is 2.94 bits per heavy atom. The molecule has 0 aliphatic rings. The minimum atomic E-state index is -0.588. The van der Waals surface area contributed by atoms with Crippen LogP contribution in [0.15, 0.2) is 18.3 Å². The van der Waals surface area contributed by atoms with Crippen molar-refractivity contribution in [2.75, 3.05) is 19.0 Å². The zero-order valence-corrected chi connectivity index (χ0v) is 8.94. The lowest BCUT2D eigenvalue weighted by molar-refractivity contribution is -0.118. The van der Waals surface area contributed by atoms with Gasteiger partial charge in [0.2, 0.25) is 11.9 Å². The highest BCUT2D eigenvalue weighted by atomic mass is 19.1. The van der Waals surface area contributed by atoms with E-state index in [9.17, 15) is 9.18 Å². The van der Waals surface area contributed by atoms with E-state index in [0.29, 0.717) is 5.69 Å². The number of carbonyl (C=O) groups excluding carboxylic acids is 1. The molecule has 0 spiro atoms. The van der Waals surface area contributed by atoms with Gasteiger partial charge in [-0.05, 0) is 12.1 Å². The normalized spacial score (nSPS) is 12.2. The number of pyridine rings is 1. The van der Waals surface area contributed by atoms with Gasteiger partial charge in [0.05, 0.1) is 24.4 Å². The number of nitrogens with two attached hydrogens (primary N) is 1. The van der Waals surface area contributed by atoms with Gasteiger partial charge in [-0.2, -0.15) is 4.39 Å². The Labute approximate surface area is 92.8 Å². The Balaban J connectivity index is 2.48. The van der Waals surface area contributed by atoms with Gasteiger partial charge in [0, 0.05) is 13.7 Å². The summed E-state index contributed by atoms with van der Waals surface area (Å²) in [5.74, 6) is -0.833. The van der Waals surface area contributed by atoms with E-state index >= 15 is 0 Å². The Morgan fingerprint density at radius 1 is 1.69 bits per heavy atom. The molecule has 0 aliphatic carbocycles. The molecule has 1 rings (SSSR count). The van der Waals surface area contributed by atoms with Crippen LogP contribution in [0.2, 0.25) is 0 Å². The van der Waals surface area contributed by atoms with Crippen molar-refractivity contribution in [3.63, 3.8) is 0 Å². The van der Waals surface area contributed by atoms with Crippen molar-refractivity contribution in [1.82, 2.24) is 4.98 Å². The van der Waals surface area contributed by atoms with Crippen LogP contribution in [0, 0.1) is 5.95 Å². The van der Waals surface area contributed by atoms with Crippen LogP contribution >= 0.6 is 0 Å². The fraction of sp³-hybridized carbons (Fsp3) is 0.400. The third-order valence-electron chi connectivity index (χ3n) is 2.02. The summed E-state index contributed by atoms with van der Waals surface area (Å²) in [4.78, 5) is 14.9. The molecule has 0 saturated heterocycles. The number of rotatable bonds is 5. The summed E-state index contributed by atoms with van der Waals surface area (Å²) >= 11 is 0. The van der Waals surface area contributed by atoms with Crippen molar-refractivity contribution in [3.05, 3.63) is 24.3 Å². The number of anilines is 1. The molecule has 3 N–H and O–H groups in total. The predicted molar refractivity (Wildman–Crippen MR) is 57.3 cm³/mol. The highest BCUT2D eigenvalue weighted by Gasteiger charge is 2.11. The second kappa shape index (κ2) is 6.14. The molecule has 1 amide bonds. The van der Waals surface area contributed by atoms with Gasteiger partial charge in [0.15, 0.2) is 0 Å². The number of methoxy groups -OCH3 is 1. The molecule has 6 heteroatoms. The van der Waals surface area contributed by atoms with Crippen molar-refractivity contribution >= 4 is 11.6 Å². The Hall–Kier alpha value is -1.53. The van der Waals surface area contributed by atoms with Gasteiger partial charge in [0.25, 0.3) is 0 Å².